The van der Waals surface area contributed by atoms with Gasteiger partial charge < -0.3 is 5.32 Å². The fraction of sp³-hybridized carbons (Fsp3) is 0.182. The first-order chi connectivity index (χ1) is 8.63. The summed E-state index contributed by atoms with van der Waals surface area (Å²) in [4.78, 5) is 4.37. The minimum Gasteiger partial charge on any atom is -0.377 e. The van der Waals surface area contributed by atoms with Gasteiger partial charge in [0.15, 0.2) is 0 Å². The Kier molecular flexibility index (Phi) is 3.95. The number of anilines is 1. The maximum atomic E-state index is 11.8. The molecule has 0 unspecified atom stereocenters. The number of hydrogen-bond acceptors (Lipinski definition) is 5. The standard InChI is InChI=1S/C11H13N3O2S2/c1-12-18(15,16)10-5-3-2-4-9(10)14-8-11-13-6-7-17-11/h2-7,12,14H,8H2,1H3. The van der Waals surface area contributed by atoms with E-state index in [0.717, 1.165) is 5.01 Å². The van der Waals surface area contributed by atoms with Crippen LogP contribution in [0.2, 0.25) is 0 Å². The zero-order chi connectivity index (χ0) is 13.0. The molecule has 0 aliphatic heterocycles. The van der Waals surface area contributed by atoms with E-state index >= 15 is 0 Å². The van der Waals surface area contributed by atoms with Gasteiger partial charge in [-0.05, 0) is 19.2 Å². The van der Waals surface area contributed by atoms with E-state index in [9.17, 15) is 8.42 Å². The van der Waals surface area contributed by atoms with Crippen molar-refractivity contribution in [1.82, 2.24) is 9.71 Å². The van der Waals surface area contributed by atoms with Gasteiger partial charge in [-0.3, -0.25) is 0 Å². The predicted molar refractivity (Wildman–Crippen MR) is 72.1 cm³/mol. The molecule has 0 saturated heterocycles. The molecule has 1 aromatic heterocycles. The molecular formula is C11H13N3O2S2. The van der Waals surface area contributed by atoms with Crippen LogP contribution in [0.5, 0.6) is 0 Å². The first-order valence-electron chi connectivity index (χ1n) is 5.28. The summed E-state index contributed by atoms with van der Waals surface area (Å²) in [6.45, 7) is 0.508. The molecule has 0 atom stereocenters. The second-order valence-electron chi connectivity index (χ2n) is 3.48. The zero-order valence-corrected chi connectivity index (χ0v) is 11.4. The Morgan fingerprint density at radius 2 is 2.11 bits per heavy atom. The summed E-state index contributed by atoms with van der Waals surface area (Å²) in [5.74, 6) is 0. The van der Waals surface area contributed by atoms with Gasteiger partial charge in [0.25, 0.3) is 0 Å². The topological polar surface area (TPSA) is 71.1 Å². The van der Waals surface area contributed by atoms with Gasteiger partial charge in [0, 0.05) is 11.6 Å². The average molecular weight is 283 g/mol. The fourth-order valence-corrected chi connectivity index (χ4v) is 2.93. The van der Waals surface area contributed by atoms with E-state index < -0.39 is 10.0 Å². The highest BCUT2D eigenvalue weighted by molar-refractivity contribution is 7.89. The largest absolute Gasteiger partial charge is 0.377 e. The molecular weight excluding hydrogens is 270 g/mol. The maximum absolute atomic E-state index is 11.8. The van der Waals surface area contributed by atoms with Gasteiger partial charge in [0.05, 0.1) is 12.2 Å². The van der Waals surface area contributed by atoms with Gasteiger partial charge in [-0.2, -0.15) is 0 Å². The molecule has 5 nitrogen and oxygen atoms in total. The van der Waals surface area contributed by atoms with E-state index in [-0.39, 0.29) is 4.90 Å². The highest BCUT2D eigenvalue weighted by Crippen LogP contribution is 2.21. The van der Waals surface area contributed by atoms with Crippen LogP contribution in [-0.4, -0.2) is 20.4 Å². The number of hydrogen-bond donors (Lipinski definition) is 2. The van der Waals surface area contributed by atoms with Crippen LogP contribution in [0.1, 0.15) is 5.01 Å². The number of para-hydroxylation sites is 1. The molecule has 0 aliphatic carbocycles. The Hall–Kier alpha value is -1.44. The molecule has 0 amide bonds. The van der Waals surface area contributed by atoms with Crippen molar-refractivity contribution in [3.05, 3.63) is 40.8 Å². The van der Waals surface area contributed by atoms with Gasteiger partial charge in [-0.1, -0.05) is 12.1 Å². The van der Waals surface area contributed by atoms with Crippen LogP contribution in [0.15, 0.2) is 40.7 Å². The van der Waals surface area contributed by atoms with E-state index in [1.54, 1.807) is 30.5 Å². The van der Waals surface area contributed by atoms with Crippen LogP contribution in [0.4, 0.5) is 5.69 Å². The van der Waals surface area contributed by atoms with E-state index in [4.69, 9.17) is 0 Å². The molecule has 0 bridgehead atoms. The van der Waals surface area contributed by atoms with Gasteiger partial charge in [-0.25, -0.2) is 18.1 Å². The van der Waals surface area contributed by atoms with Crippen molar-refractivity contribution in [1.29, 1.82) is 0 Å². The first kappa shape index (κ1) is 13.0. The van der Waals surface area contributed by atoms with E-state index in [0.29, 0.717) is 12.2 Å². The number of benzene rings is 1. The number of thiazole rings is 1. The van der Waals surface area contributed by atoms with E-state index in [2.05, 4.69) is 15.0 Å². The molecule has 0 radical (unpaired) electrons. The van der Waals surface area contributed by atoms with Crippen LogP contribution in [0, 0.1) is 0 Å². The Morgan fingerprint density at radius 3 is 2.78 bits per heavy atom. The number of nitrogens with one attached hydrogen (secondary N) is 2. The van der Waals surface area contributed by atoms with Crippen LogP contribution >= 0.6 is 11.3 Å². The van der Waals surface area contributed by atoms with Crippen molar-refractivity contribution in [2.75, 3.05) is 12.4 Å². The monoisotopic (exact) mass is 283 g/mol. The Bertz CT molecular complexity index is 609. The van der Waals surface area contributed by atoms with Crippen molar-refractivity contribution >= 4 is 27.0 Å². The molecule has 1 aromatic carbocycles. The van der Waals surface area contributed by atoms with E-state index in [1.165, 1.54) is 18.4 Å². The summed E-state index contributed by atoms with van der Waals surface area (Å²) >= 11 is 1.52. The maximum Gasteiger partial charge on any atom is 0.242 e. The first-order valence-corrected chi connectivity index (χ1v) is 7.64. The van der Waals surface area contributed by atoms with Crippen molar-refractivity contribution < 1.29 is 8.42 Å². The summed E-state index contributed by atoms with van der Waals surface area (Å²) < 4.78 is 25.9. The zero-order valence-electron chi connectivity index (χ0n) is 9.75. The lowest BCUT2D eigenvalue weighted by atomic mass is 10.3. The number of sulfonamides is 1. The fourth-order valence-electron chi connectivity index (χ4n) is 1.47. The molecule has 2 N–H and O–H groups in total. The van der Waals surface area contributed by atoms with Crippen molar-refractivity contribution in [3.63, 3.8) is 0 Å². The molecule has 2 aromatic rings. The third kappa shape index (κ3) is 2.87. The molecule has 7 heteroatoms. The predicted octanol–water partition coefficient (Wildman–Crippen LogP) is 1.66. The second kappa shape index (κ2) is 5.47. The lowest BCUT2D eigenvalue weighted by molar-refractivity contribution is 0.588. The highest BCUT2D eigenvalue weighted by Gasteiger charge is 2.15. The van der Waals surface area contributed by atoms with Crippen LogP contribution < -0.4 is 10.0 Å². The third-order valence-electron chi connectivity index (χ3n) is 2.36. The summed E-state index contributed by atoms with van der Waals surface area (Å²) in [5, 5.41) is 5.88. The van der Waals surface area contributed by atoms with Crippen LogP contribution in [0.25, 0.3) is 0 Å². The van der Waals surface area contributed by atoms with Gasteiger partial charge in [0.2, 0.25) is 10.0 Å². The summed E-state index contributed by atoms with van der Waals surface area (Å²) in [6, 6.07) is 6.78. The minimum absolute atomic E-state index is 0.240. The molecule has 2 rings (SSSR count). The van der Waals surface area contributed by atoms with Crippen molar-refractivity contribution in [2.45, 2.75) is 11.4 Å². The summed E-state index contributed by atoms with van der Waals surface area (Å²) in [5.41, 5.74) is 0.571. The Labute approximate surface area is 110 Å². The molecule has 0 spiro atoms. The molecule has 96 valence electrons. The third-order valence-corrected chi connectivity index (χ3v) is 4.61. The van der Waals surface area contributed by atoms with Gasteiger partial charge >= 0.3 is 0 Å². The molecule has 0 aliphatic rings. The second-order valence-corrected chi connectivity index (χ2v) is 6.32. The van der Waals surface area contributed by atoms with Crippen LogP contribution in [0.3, 0.4) is 0 Å². The van der Waals surface area contributed by atoms with E-state index in [1.807, 2.05) is 5.38 Å². The lowest BCUT2D eigenvalue weighted by Crippen LogP contribution is -2.20. The average Bonchev–Trinajstić information content (AvgIpc) is 2.90. The minimum atomic E-state index is -3.45. The SMILES string of the molecule is CNS(=O)(=O)c1ccccc1NCc1nccs1. The number of rotatable bonds is 5. The molecule has 18 heavy (non-hydrogen) atoms. The van der Waals surface area contributed by atoms with Crippen molar-refractivity contribution in [2.24, 2.45) is 0 Å². The highest BCUT2D eigenvalue weighted by atomic mass is 32.2. The molecule has 0 saturated carbocycles. The Morgan fingerprint density at radius 1 is 1.33 bits per heavy atom. The summed E-state index contributed by atoms with van der Waals surface area (Å²) in [6.07, 6.45) is 1.72. The smallest absolute Gasteiger partial charge is 0.242 e. The van der Waals surface area contributed by atoms with Gasteiger partial charge in [-0.15, -0.1) is 11.3 Å². The number of nitrogens with zero attached hydrogens (tertiary/aromatic N) is 1. The molecule has 0 fully saturated rings. The Balaban J connectivity index is 2.23. The molecule has 1 heterocycles. The van der Waals surface area contributed by atoms with Gasteiger partial charge in [0.1, 0.15) is 9.90 Å². The lowest BCUT2D eigenvalue weighted by Gasteiger charge is -2.10. The summed E-state index contributed by atoms with van der Waals surface area (Å²) in [7, 11) is -2.05. The quantitative estimate of drug-likeness (QED) is 0.875. The van der Waals surface area contributed by atoms with Crippen molar-refractivity contribution in [3.8, 4) is 0 Å². The van der Waals surface area contributed by atoms with Crippen LogP contribution in [-0.2, 0) is 16.6 Å². The normalized spacial score (nSPS) is 11.4. The number of aromatic nitrogens is 1.